The average Bonchev–Trinajstić information content (AvgIpc) is 1.87. The quantitative estimate of drug-likeness (QED) is 0.604. The van der Waals surface area contributed by atoms with Crippen LogP contribution in [-0.4, -0.2) is 11.5 Å². The summed E-state index contributed by atoms with van der Waals surface area (Å²) in [5.41, 5.74) is 0. The zero-order chi connectivity index (χ0) is 7.82. The Hall–Kier alpha value is 1.37. The molecule has 0 aromatic heterocycles. The van der Waals surface area contributed by atoms with Gasteiger partial charge in [-0.05, 0) is 6.42 Å². The second kappa shape index (κ2) is 11.4. The second-order valence-electron chi connectivity index (χ2n) is 2.13. The molecule has 1 unspecified atom stereocenters. The van der Waals surface area contributed by atoms with E-state index in [2.05, 4.69) is 11.4 Å². The maximum atomic E-state index is 9.96. The van der Waals surface area contributed by atoms with Crippen LogP contribution in [0.25, 0.3) is 0 Å². The number of hydrogen-bond donors (Lipinski definition) is 1. The molecule has 0 radical (unpaired) electrons. The summed E-state index contributed by atoms with van der Waals surface area (Å²) in [5, 5.41) is 0. The van der Waals surface area contributed by atoms with Gasteiger partial charge in [0.05, 0.1) is 0 Å². The summed E-state index contributed by atoms with van der Waals surface area (Å²) in [6, 6.07) is 0. The van der Waals surface area contributed by atoms with Gasteiger partial charge in [-0.3, -0.25) is 0 Å². The molecule has 0 aromatic rings. The molecule has 0 bridgehead atoms. The van der Waals surface area contributed by atoms with E-state index in [4.69, 9.17) is 4.89 Å². The predicted octanol–water partition coefficient (Wildman–Crippen LogP) is 2.23. The Morgan fingerprint density at radius 2 is 2.00 bits per heavy atom. The molecule has 0 aliphatic rings. The maximum Gasteiger partial charge on any atom is 0.694 e. The van der Waals surface area contributed by atoms with Crippen molar-refractivity contribution in [3.8, 4) is 0 Å². The molecule has 5 heteroatoms. The fourth-order valence-corrected chi connectivity index (χ4v) is 0.957. The minimum absolute atomic E-state index is 0. The van der Waals surface area contributed by atoms with E-state index in [0.29, 0.717) is 6.61 Å². The van der Waals surface area contributed by atoms with Crippen molar-refractivity contribution in [2.75, 3.05) is 6.61 Å². The predicted molar refractivity (Wildman–Crippen MR) is 39.9 cm³/mol. The number of unbranched alkanes of at least 4 members (excludes halogenated alkanes) is 3. The van der Waals surface area contributed by atoms with Gasteiger partial charge in [-0.2, -0.15) is 0 Å². The molecule has 1 N–H and O–H groups in total. The van der Waals surface area contributed by atoms with Gasteiger partial charge < -0.3 is 0 Å². The molecule has 11 heavy (non-hydrogen) atoms. The Labute approximate surface area is 101 Å². The van der Waals surface area contributed by atoms with Gasteiger partial charge in [0, 0.05) is 45.4 Å². The molecule has 0 spiro atoms. The summed E-state index contributed by atoms with van der Waals surface area (Å²) >= 11 is 0. The van der Waals surface area contributed by atoms with E-state index in [0.717, 1.165) is 12.8 Å². The van der Waals surface area contributed by atoms with Crippen molar-refractivity contribution >= 4 is 8.25 Å². The Kier molecular flexibility index (Phi) is 15.4. The van der Waals surface area contributed by atoms with Crippen LogP contribution in [0.1, 0.15) is 32.6 Å². The normalized spacial score (nSPS) is 10.5. The van der Waals surface area contributed by atoms with Gasteiger partial charge in [0.25, 0.3) is 0 Å². The average molecular weight is 309 g/mol. The Balaban J connectivity index is 0. The zero-order valence-electron chi connectivity index (χ0n) is 6.75. The first kappa shape index (κ1) is 14.9. The molecule has 64 valence electrons. The molecule has 0 saturated carbocycles. The second-order valence-corrected chi connectivity index (χ2v) is 2.87. The van der Waals surface area contributed by atoms with Gasteiger partial charge in [-0.25, -0.2) is 0 Å². The molecule has 0 fully saturated rings. The third-order valence-electron chi connectivity index (χ3n) is 1.20. The zero-order valence-corrected chi connectivity index (χ0v) is 10.8. The molecule has 0 saturated heterocycles. The van der Waals surface area contributed by atoms with E-state index in [1.807, 2.05) is 0 Å². The molecule has 0 aromatic carbocycles. The largest absolute Gasteiger partial charge is 0.694 e. The third kappa shape index (κ3) is 14.2. The van der Waals surface area contributed by atoms with Crippen molar-refractivity contribution in [2.24, 2.45) is 0 Å². The summed E-state index contributed by atoms with van der Waals surface area (Å²) < 4.78 is 14.4. The van der Waals surface area contributed by atoms with Gasteiger partial charge >= 0.3 is 8.25 Å². The van der Waals surface area contributed by atoms with Crippen LogP contribution in [0.2, 0.25) is 0 Å². The van der Waals surface area contributed by atoms with E-state index in [9.17, 15) is 4.57 Å². The van der Waals surface area contributed by atoms with Gasteiger partial charge in [-0.15, -0.1) is 9.42 Å². The van der Waals surface area contributed by atoms with Gasteiger partial charge in [0.1, 0.15) is 6.61 Å². The van der Waals surface area contributed by atoms with Crippen LogP contribution in [0.3, 0.4) is 0 Å². The smallest absolute Gasteiger partial charge is 0.133 e. The van der Waals surface area contributed by atoms with Crippen molar-refractivity contribution in [1.29, 1.82) is 0 Å². The number of hydrogen-bond acceptors (Lipinski definition) is 2. The van der Waals surface area contributed by atoms with Crippen molar-refractivity contribution in [3.05, 3.63) is 0 Å². The molecule has 0 aliphatic carbocycles. The van der Waals surface area contributed by atoms with Crippen LogP contribution in [0, 0.1) is 40.8 Å². The number of rotatable bonds is 6. The molecular weight excluding hydrogens is 295 g/mol. The van der Waals surface area contributed by atoms with Crippen LogP contribution in [0.15, 0.2) is 0 Å². The van der Waals surface area contributed by atoms with Crippen molar-refractivity contribution < 1.29 is 54.8 Å². The first-order valence-corrected chi connectivity index (χ1v) is 4.69. The van der Waals surface area contributed by atoms with Crippen LogP contribution < -0.4 is 0 Å². The molecule has 0 amide bonds. The molecule has 1 atom stereocenters. The monoisotopic (exact) mass is 307 g/mol. The molecule has 3 nitrogen and oxygen atoms in total. The minimum atomic E-state index is -2.37. The van der Waals surface area contributed by atoms with Crippen LogP contribution in [0.4, 0.5) is 0 Å². The summed E-state index contributed by atoms with van der Waals surface area (Å²) in [6.45, 7) is 2.53. The van der Waals surface area contributed by atoms with Gasteiger partial charge in [-0.1, -0.05) is 26.2 Å². The van der Waals surface area contributed by atoms with Gasteiger partial charge in [0.15, 0.2) is 0 Å². The van der Waals surface area contributed by atoms with E-state index in [-0.39, 0.29) is 40.8 Å². The standard InChI is InChI=1S/C6H13O3P.Nd/c1-2-3-4-5-6-9-10(7)8;/h2-6H2,1H3;/p+1. The summed E-state index contributed by atoms with van der Waals surface area (Å²) in [4.78, 5) is 8.20. The van der Waals surface area contributed by atoms with Crippen LogP contribution in [-0.2, 0) is 9.09 Å². The first-order valence-electron chi connectivity index (χ1n) is 3.56. The fourth-order valence-electron chi connectivity index (χ4n) is 0.671. The molecule has 0 heterocycles. The molecule has 0 rings (SSSR count). The third-order valence-corrected chi connectivity index (χ3v) is 1.60. The molecule has 0 aliphatic heterocycles. The first-order chi connectivity index (χ1) is 4.77. The van der Waals surface area contributed by atoms with Crippen LogP contribution >= 0.6 is 8.25 Å². The topological polar surface area (TPSA) is 46.5 Å². The van der Waals surface area contributed by atoms with E-state index in [1.165, 1.54) is 12.8 Å². The van der Waals surface area contributed by atoms with E-state index in [1.54, 1.807) is 0 Å². The summed E-state index contributed by atoms with van der Waals surface area (Å²) in [5.74, 6) is 0. The fraction of sp³-hybridized carbons (Fsp3) is 1.00. The Morgan fingerprint density at radius 1 is 1.36 bits per heavy atom. The Bertz CT molecular complexity index is 99.8. The van der Waals surface area contributed by atoms with E-state index < -0.39 is 8.25 Å². The Morgan fingerprint density at radius 3 is 2.45 bits per heavy atom. The minimum Gasteiger partial charge on any atom is -0.133 e. The van der Waals surface area contributed by atoms with E-state index >= 15 is 0 Å². The van der Waals surface area contributed by atoms with Crippen molar-refractivity contribution in [1.82, 2.24) is 0 Å². The summed E-state index contributed by atoms with van der Waals surface area (Å²) in [6.07, 6.45) is 4.31. The molecular formula is C6H14NdO3P+. The van der Waals surface area contributed by atoms with Crippen LogP contribution in [0.5, 0.6) is 0 Å². The summed E-state index contributed by atoms with van der Waals surface area (Å²) in [7, 11) is -2.37. The maximum absolute atomic E-state index is 9.96. The van der Waals surface area contributed by atoms with Crippen molar-refractivity contribution in [3.63, 3.8) is 0 Å². The SMILES string of the molecule is CCCCCCO[P+](=O)O.[Nd]. The van der Waals surface area contributed by atoms with Gasteiger partial charge in [0.2, 0.25) is 0 Å². The van der Waals surface area contributed by atoms with Crippen molar-refractivity contribution in [2.45, 2.75) is 32.6 Å².